The van der Waals surface area contributed by atoms with E-state index in [9.17, 15) is 4.79 Å². The van der Waals surface area contributed by atoms with Gasteiger partial charge in [-0.25, -0.2) is 4.79 Å². The Labute approximate surface area is 158 Å². The van der Waals surface area contributed by atoms with Crippen LogP contribution in [0.4, 0.5) is 4.79 Å². The van der Waals surface area contributed by atoms with E-state index >= 15 is 0 Å². The topological polar surface area (TPSA) is 72.5 Å². The molecule has 0 aliphatic heterocycles. The molecule has 7 heteroatoms. The van der Waals surface area contributed by atoms with E-state index in [1.165, 1.54) is 0 Å². The van der Waals surface area contributed by atoms with Crippen LogP contribution in [0.2, 0.25) is 0 Å². The molecule has 0 saturated carbocycles. The average molecular weight is 379 g/mol. The predicted octanol–water partition coefficient (Wildman–Crippen LogP) is 3.58. The molecule has 0 aromatic rings. The van der Waals surface area contributed by atoms with Crippen molar-refractivity contribution in [3.05, 3.63) is 0 Å². The molecule has 0 rings (SSSR count). The standard InChI is InChI=1S/C19H38O7/c1-5-21-13-15-23-17(3)9-7-11-25-19(20)26-12-8-10-18(4)24-16-14-22-6-2/h17-18H,5-16H2,1-4H3. The Balaban J connectivity index is 3.41. The Kier molecular flexibility index (Phi) is 18.2. The van der Waals surface area contributed by atoms with Crippen molar-refractivity contribution in [1.29, 1.82) is 0 Å². The number of rotatable bonds is 18. The summed E-state index contributed by atoms with van der Waals surface area (Å²) in [6.07, 6.45) is 2.79. The zero-order chi connectivity index (χ0) is 19.5. The molecule has 2 unspecified atom stereocenters. The van der Waals surface area contributed by atoms with E-state index in [0.29, 0.717) is 52.9 Å². The number of hydrogen-bond donors (Lipinski definition) is 0. The lowest BCUT2D eigenvalue weighted by Gasteiger charge is -2.14. The van der Waals surface area contributed by atoms with Gasteiger partial charge in [-0.15, -0.1) is 0 Å². The van der Waals surface area contributed by atoms with Crippen molar-refractivity contribution in [3.63, 3.8) is 0 Å². The van der Waals surface area contributed by atoms with Crippen LogP contribution in [0.3, 0.4) is 0 Å². The molecule has 0 aromatic heterocycles. The molecule has 0 bridgehead atoms. The second-order valence-electron chi connectivity index (χ2n) is 5.99. The molecule has 0 aromatic carbocycles. The molecule has 0 aliphatic rings. The maximum atomic E-state index is 11.5. The van der Waals surface area contributed by atoms with Crippen molar-refractivity contribution in [3.8, 4) is 0 Å². The van der Waals surface area contributed by atoms with E-state index < -0.39 is 6.16 Å². The van der Waals surface area contributed by atoms with Gasteiger partial charge in [-0.05, 0) is 53.4 Å². The molecule has 0 N–H and O–H groups in total. The van der Waals surface area contributed by atoms with Crippen LogP contribution in [0.15, 0.2) is 0 Å². The van der Waals surface area contributed by atoms with Gasteiger partial charge in [0.05, 0.1) is 51.8 Å². The summed E-state index contributed by atoms with van der Waals surface area (Å²) in [6, 6.07) is 0. The minimum atomic E-state index is -0.611. The molecule has 0 heterocycles. The predicted molar refractivity (Wildman–Crippen MR) is 99.6 cm³/mol. The smallest absolute Gasteiger partial charge is 0.434 e. The van der Waals surface area contributed by atoms with Gasteiger partial charge in [0.15, 0.2) is 0 Å². The third-order valence-corrected chi connectivity index (χ3v) is 3.62. The zero-order valence-corrected chi connectivity index (χ0v) is 17.0. The molecular weight excluding hydrogens is 340 g/mol. The van der Waals surface area contributed by atoms with Crippen LogP contribution >= 0.6 is 0 Å². The van der Waals surface area contributed by atoms with Crippen LogP contribution in [0.25, 0.3) is 0 Å². The van der Waals surface area contributed by atoms with Crippen molar-refractivity contribution < 1.29 is 33.2 Å². The molecule has 26 heavy (non-hydrogen) atoms. The van der Waals surface area contributed by atoms with Crippen LogP contribution in [0.5, 0.6) is 0 Å². The summed E-state index contributed by atoms with van der Waals surface area (Å²) in [6.45, 7) is 12.4. The van der Waals surface area contributed by atoms with Crippen molar-refractivity contribution >= 4 is 6.16 Å². The molecule has 156 valence electrons. The van der Waals surface area contributed by atoms with Crippen molar-refractivity contribution in [2.75, 3.05) is 52.9 Å². The first-order valence-corrected chi connectivity index (χ1v) is 9.78. The van der Waals surface area contributed by atoms with Gasteiger partial charge in [0, 0.05) is 13.2 Å². The van der Waals surface area contributed by atoms with E-state index in [-0.39, 0.29) is 12.2 Å². The first kappa shape index (κ1) is 25.1. The van der Waals surface area contributed by atoms with Gasteiger partial charge in [0.2, 0.25) is 0 Å². The van der Waals surface area contributed by atoms with Crippen LogP contribution in [0, 0.1) is 0 Å². The first-order valence-electron chi connectivity index (χ1n) is 9.78. The van der Waals surface area contributed by atoms with Gasteiger partial charge in [-0.2, -0.15) is 0 Å². The molecule has 0 aliphatic carbocycles. The number of carbonyl (C=O) groups is 1. The number of hydrogen-bond acceptors (Lipinski definition) is 7. The van der Waals surface area contributed by atoms with Gasteiger partial charge >= 0.3 is 6.16 Å². The summed E-state index contributed by atoms with van der Waals surface area (Å²) in [5.74, 6) is 0. The number of carbonyl (C=O) groups excluding carboxylic acids is 1. The highest BCUT2D eigenvalue weighted by molar-refractivity contribution is 5.59. The van der Waals surface area contributed by atoms with Gasteiger partial charge in [-0.3, -0.25) is 0 Å². The Morgan fingerprint density at radius 1 is 0.692 bits per heavy atom. The summed E-state index contributed by atoms with van der Waals surface area (Å²) in [5, 5.41) is 0. The molecule has 0 saturated heterocycles. The van der Waals surface area contributed by atoms with Crippen molar-refractivity contribution in [2.45, 2.75) is 65.6 Å². The maximum absolute atomic E-state index is 11.5. The quantitative estimate of drug-likeness (QED) is 0.267. The normalized spacial score (nSPS) is 13.4. The minimum Gasteiger partial charge on any atom is -0.434 e. The Bertz CT molecular complexity index is 284. The fourth-order valence-corrected chi connectivity index (χ4v) is 2.17. The van der Waals surface area contributed by atoms with Gasteiger partial charge in [0.25, 0.3) is 0 Å². The highest BCUT2D eigenvalue weighted by atomic mass is 16.7. The fraction of sp³-hybridized carbons (Fsp3) is 0.947. The summed E-state index contributed by atoms with van der Waals surface area (Å²) >= 11 is 0. The third-order valence-electron chi connectivity index (χ3n) is 3.62. The molecule has 7 nitrogen and oxygen atoms in total. The highest BCUT2D eigenvalue weighted by Crippen LogP contribution is 2.04. The highest BCUT2D eigenvalue weighted by Gasteiger charge is 2.07. The first-order chi connectivity index (χ1) is 12.6. The Hall–Kier alpha value is -0.890. The lowest BCUT2D eigenvalue weighted by Crippen LogP contribution is -2.16. The second kappa shape index (κ2) is 18.9. The average Bonchev–Trinajstić information content (AvgIpc) is 2.63. The Morgan fingerprint density at radius 2 is 1.12 bits per heavy atom. The van der Waals surface area contributed by atoms with Crippen molar-refractivity contribution in [2.24, 2.45) is 0 Å². The molecule has 0 amide bonds. The van der Waals surface area contributed by atoms with E-state index in [2.05, 4.69) is 0 Å². The minimum absolute atomic E-state index is 0.124. The van der Waals surface area contributed by atoms with E-state index in [0.717, 1.165) is 25.7 Å². The zero-order valence-electron chi connectivity index (χ0n) is 17.0. The molecule has 0 fully saturated rings. The molecular formula is C19H38O7. The Morgan fingerprint density at radius 3 is 1.50 bits per heavy atom. The maximum Gasteiger partial charge on any atom is 0.508 e. The third kappa shape index (κ3) is 17.9. The van der Waals surface area contributed by atoms with E-state index in [4.69, 9.17) is 28.4 Å². The summed E-state index contributed by atoms with van der Waals surface area (Å²) in [5.41, 5.74) is 0. The van der Waals surface area contributed by atoms with Gasteiger partial charge < -0.3 is 28.4 Å². The second-order valence-corrected chi connectivity index (χ2v) is 5.99. The van der Waals surface area contributed by atoms with Crippen LogP contribution < -0.4 is 0 Å². The molecule has 2 atom stereocenters. The van der Waals surface area contributed by atoms with Crippen LogP contribution in [-0.4, -0.2) is 71.2 Å². The van der Waals surface area contributed by atoms with E-state index in [1.807, 2.05) is 27.7 Å². The van der Waals surface area contributed by atoms with Gasteiger partial charge in [-0.1, -0.05) is 0 Å². The monoisotopic (exact) mass is 378 g/mol. The van der Waals surface area contributed by atoms with E-state index in [1.54, 1.807) is 0 Å². The lowest BCUT2D eigenvalue weighted by atomic mass is 10.2. The summed E-state index contributed by atoms with van der Waals surface area (Å²) in [4.78, 5) is 11.5. The largest absolute Gasteiger partial charge is 0.508 e. The molecule has 0 spiro atoms. The summed E-state index contributed by atoms with van der Waals surface area (Å²) < 4.78 is 31.7. The lowest BCUT2D eigenvalue weighted by molar-refractivity contribution is 0.00355. The molecule has 0 radical (unpaired) electrons. The van der Waals surface area contributed by atoms with Crippen LogP contribution in [-0.2, 0) is 28.4 Å². The van der Waals surface area contributed by atoms with Crippen molar-refractivity contribution in [1.82, 2.24) is 0 Å². The number of ether oxygens (including phenoxy) is 6. The fourth-order valence-electron chi connectivity index (χ4n) is 2.17. The van der Waals surface area contributed by atoms with Gasteiger partial charge in [0.1, 0.15) is 0 Å². The summed E-state index contributed by atoms with van der Waals surface area (Å²) in [7, 11) is 0. The SMILES string of the molecule is CCOCCOC(C)CCCOC(=O)OCCCC(C)OCCOCC. The van der Waals surface area contributed by atoms with Crippen LogP contribution in [0.1, 0.15) is 53.4 Å².